The Balaban J connectivity index is 1.84. The second-order valence-corrected chi connectivity index (χ2v) is 4.36. The lowest BCUT2D eigenvalue weighted by molar-refractivity contribution is -0.139. The van der Waals surface area contributed by atoms with Gasteiger partial charge in [0.15, 0.2) is 0 Å². The van der Waals surface area contributed by atoms with Crippen LogP contribution in [0.1, 0.15) is 25.7 Å². The average molecular weight is 168 g/mol. The summed E-state index contributed by atoms with van der Waals surface area (Å²) in [4.78, 5) is 10.7. The zero-order chi connectivity index (χ0) is 8.34. The van der Waals surface area contributed by atoms with Gasteiger partial charge in [0.1, 0.15) is 0 Å². The minimum atomic E-state index is -0.619. The molecule has 0 aromatic carbocycles. The van der Waals surface area contributed by atoms with Crippen molar-refractivity contribution in [2.45, 2.75) is 37.9 Å². The van der Waals surface area contributed by atoms with E-state index in [9.17, 15) is 4.79 Å². The minimum Gasteiger partial charge on any atom is -0.481 e. The summed E-state index contributed by atoms with van der Waals surface area (Å²) in [6, 6.07) is 0. The van der Waals surface area contributed by atoms with Crippen LogP contribution in [0.25, 0.3) is 0 Å². The van der Waals surface area contributed by atoms with E-state index in [0.29, 0.717) is 6.10 Å². The number of aliphatic carboxylic acids is 1. The molecular weight excluding hydrogens is 156 g/mol. The van der Waals surface area contributed by atoms with Gasteiger partial charge >= 0.3 is 5.97 Å². The molecule has 1 aliphatic carbocycles. The molecule has 2 saturated heterocycles. The van der Waals surface area contributed by atoms with Gasteiger partial charge in [-0.1, -0.05) is 0 Å². The van der Waals surface area contributed by atoms with Crippen LogP contribution in [-0.2, 0) is 9.53 Å². The number of hydrogen-bond donors (Lipinski definition) is 1. The lowest BCUT2D eigenvalue weighted by Crippen LogP contribution is -2.22. The molecule has 3 nitrogen and oxygen atoms in total. The Morgan fingerprint density at radius 1 is 1.42 bits per heavy atom. The first-order chi connectivity index (χ1) is 5.72. The van der Waals surface area contributed by atoms with E-state index in [1.54, 1.807) is 0 Å². The molecular formula is C9H12O3. The van der Waals surface area contributed by atoms with Crippen molar-refractivity contribution >= 4 is 5.97 Å². The SMILES string of the molecule is O=C(O)C1CC12CC1CCC2O1. The van der Waals surface area contributed by atoms with Crippen LogP contribution in [0.3, 0.4) is 0 Å². The number of carboxylic acid groups (broad SMARTS) is 1. The molecule has 1 saturated carbocycles. The van der Waals surface area contributed by atoms with E-state index in [1.807, 2.05) is 0 Å². The summed E-state index contributed by atoms with van der Waals surface area (Å²) in [5, 5.41) is 8.85. The first-order valence-electron chi connectivity index (χ1n) is 4.61. The van der Waals surface area contributed by atoms with Gasteiger partial charge in [-0.15, -0.1) is 0 Å². The van der Waals surface area contributed by atoms with Crippen LogP contribution in [0.4, 0.5) is 0 Å². The number of rotatable bonds is 1. The largest absolute Gasteiger partial charge is 0.481 e. The van der Waals surface area contributed by atoms with E-state index in [0.717, 1.165) is 25.7 Å². The van der Waals surface area contributed by atoms with E-state index in [2.05, 4.69) is 0 Å². The van der Waals surface area contributed by atoms with E-state index in [1.165, 1.54) is 0 Å². The van der Waals surface area contributed by atoms with Gasteiger partial charge in [0.2, 0.25) is 0 Å². The van der Waals surface area contributed by atoms with Crippen molar-refractivity contribution < 1.29 is 14.6 Å². The number of carboxylic acids is 1. The first-order valence-corrected chi connectivity index (χ1v) is 4.61. The van der Waals surface area contributed by atoms with Gasteiger partial charge in [0.25, 0.3) is 0 Å². The lowest BCUT2D eigenvalue weighted by Gasteiger charge is -2.17. The third-order valence-corrected chi connectivity index (χ3v) is 3.77. The number of fused-ring (bicyclic) bond motifs is 3. The second kappa shape index (κ2) is 1.84. The number of ether oxygens (including phenoxy) is 1. The van der Waals surface area contributed by atoms with Crippen molar-refractivity contribution in [1.29, 1.82) is 0 Å². The quantitative estimate of drug-likeness (QED) is 0.636. The van der Waals surface area contributed by atoms with E-state index in [4.69, 9.17) is 9.84 Å². The van der Waals surface area contributed by atoms with Crippen LogP contribution in [0.15, 0.2) is 0 Å². The molecule has 2 bridgehead atoms. The Morgan fingerprint density at radius 2 is 2.25 bits per heavy atom. The molecule has 3 heteroatoms. The molecule has 0 amide bonds. The van der Waals surface area contributed by atoms with E-state index >= 15 is 0 Å². The summed E-state index contributed by atoms with van der Waals surface area (Å²) in [6.07, 6.45) is 4.79. The highest BCUT2D eigenvalue weighted by molar-refractivity contribution is 5.75. The Kier molecular flexibility index (Phi) is 1.06. The summed E-state index contributed by atoms with van der Waals surface area (Å²) < 4.78 is 5.67. The van der Waals surface area contributed by atoms with Crippen molar-refractivity contribution in [2.24, 2.45) is 11.3 Å². The summed E-state index contributed by atoms with van der Waals surface area (Å²) >= 11 is 0. The van der Waals surface area contributed by atoms with Crippen LogP contribution >= 0.6 is 0 Å². The maximum Gasteiger partial charge on any atom is 0.307 e. The third kappa shape index (κ3) is 0.637. The van der Waals surface area contributed by atoms with Crippen molar-refractivity contribution in [2.75, 3.05) is 0 Å². The molecule has 1 spiro atoms. The molecule has 1 N–H and O–H groups in total. The summed E-state index contributed by atoms with van der Waals surface area (Å²) in [5.41, 5.74) is 0.0781. The molecule has 2 heterocycles. The Labute approximate surface area is 70.7 Å². The second-order valence-electron chi connectivity index (χ2n) is 4.36. The lowest BCUT2D eigenvalue weighted by atomic mass is 9.84. The third-order valence-electron chi connectivity index (χ3n) is 3.77. The fraction of sp³-hybridized carbons (Fsp3) is 0.889. The first kappa shape index (κ1) is 6.89. The van der Waals surface area contributed by atoms with Gasteiger partial charge < -0.3 is 9.84 Å². The van der Waals surface area contributed by atoms with Gasteiger partial charge in [-0.25, -0.2) is 0 Å². The fourth-order valence-electron chi connectivity index (χ4n) is 3.07. The van der Waals surface area contributed by atoms with Gasteiger partial charge in [-0.3, -0.25) is 4.79 Å². The molecule has 66 valence electrons. The van der Waals surface area contributed by atoms with E-state index in [-0.39, 0.29) is 17.4 Å². The maximum atomic E-state index is 10.7. The molecule has 2 aliphatic heterocycles. The summed E-state index contributed by atoms with van der Waals surface area (Å²) in [5.74, 6) is -0.709. The van der Waals surface area contributed by atoms with Crippen LogP contribution in [0.5, 0.6) is 0 Å². The summed E-state index contributed by atoms with van der Waals surface area (Å²) in [7, 11) is 0. The molecule has 12 heavy (non-hydrogen) atoms. The molecule has 4 atom stereocenters. The highest BCUT2D eigenvalue weighted by atomic mass is 16.5. The van der Waals surface area contributed by atoms with Crippen molar-refractivity contribution in [3.8, 4) is 0 Å². The molecule has 0 aromatic heterocycles. The maximum absolute atomic E-state index is 10.7. The monoisotopic (exact) mass is 168 g/mol. The van der Waals surface area contributed by atoms with Gasteiger partial charge in [-0.2, -0.15) is 0 Å². The molecule has 3 aliphatic rings. The molecule has 0 radical (unpaired) electrons. The van der Waals surface area contributed by atoms with Crippen LogP contribution in [-0.4, -0.2) is 23.3 Å². The zero-order valence-corrected chi connectivity index (χ0v) is 6.82. The van der Waals surface area contributed by atoms with Crippen molar-refractivity contribution in [1.82, 2.24) is 0 Å². The number of carbonyl (C=O) groups is 1. The predicted octanol–water partition coefficient (Wildman–Crippen LogP) is 1.03. The van der Waals surface area contributed by atoms with Crippen LogP contribution in [0.2, 0.25) is 0 Å². The van der Waals surface area contributed by atoms with Crippen LogP contribution < -0.4 is 0 Å². The predicted molar refractivity (Wildman–Crippen MR) is 40.7 cm³/mol. The van der Waals surface area contributed by atoms with Gasteiger partial charge in [-0.05, 0) is 25.7 Å². The van der Waals surface area contributed by atoms with Gasteiger partial charge in [0.05, 0.1) is 18.1 Å². The zero-order valence-electron chi connectivity index (χ0n) is 6.82. The number of hydrogen-bond acceptors (Lipinski definition) is 2. The molecule has 3 rings (SSSR count). The Bertz CT molecular complexity index is 250. The molecule has 4 unspecified atom stereocenters. The highest BCUT2D eigenvalue weighted by Crippen LogP contribution is 2.66. The fourth-order valence-corrected chi connectivity index (χ4v) is 3.07. The smallest absolute Gasteiger partial charge is 0.307 e. The van der Waals surface area contributed by atoms with E-state index < -0.39 is 5.97 Å². The summed E-state index contributed by atoms with van der Waals surface area (Å²) in [6.45, 7) is 0. The Morgan fingerprint density at radius 3 is 2.67 bits per heavy atom. The van der Waals surface area contributed by atoms with Gasteiger partial charge in [0, 0.05) is 5.41 Å². The normalized spacial score (nSPS) is 54.8. The Hall–Kier alpha value is -0.570. The minimum absolute atomic E-state index is 0.0781. The molecule has 3 fully saturated rings. The standard InChI is InChI=1S/C9H12O3/c10-8(11)6-4-9(6)3-5-1-2-7(9)12-5/h5-7H,1-4H2,(H,10,11). The molecule has 0 aromatic rings. The highest BCUT2D eigenvalue weighted by Gasteiger charge is 2.68. The average Bonchev–Trinajstić information content (AvgIpc) is 2.39. The topological polar surface area (TPSA) is 46.5 Å². The van der Waals surface area contributed by atoms with Crippen LogP contribution in [0, 0.1) is 11.3 Å². The van der Waals surface area contributed by atoms with Crippen molar-refractivity contribution in [3.05, 3.63) is 0 Å². The van der Waals surface area contributed by atoms with Crippen molar-refractivity contribution in [3.63, 3.8) is 0 Å².